The number of aryl methyl sites for hydroxylation is 1. The SMILES string of the molecule is CC(=Cc1ccc(C(=O)O)cc1)c1cc2c(cc1C)[Si](C)(C)CC[Si]2(C)C. The highest BCUT2D eigenvalue weighted by Crippen LogP contribution is 2.29. The average Bonchev–Trinajstić information content (AvgIpc) is 2.59. The minimum absolute atomic E-state index is 0.328. The average molecular weight is 395 g/mol. The van der Waals surface area contributed by atoms with Gasteiger partial charge in [0.05, 0.1) is 21.7 Å². The maximum atomic E-state index is 11.0. The van der Waals surface area contributed by atoms with E-state index in [-0.39, 0.29) is 0 Å². The molecule has 27 heavy (non-hydrogen) atoms. The maximum absolute atomic E-state index is 11.0. The van der Waals surface area contributed by atoms with Gasteiger partial charge in [0.1, 0.15) is 0 Å². The molecule has 2 aromatic rings. The number of benzene rings is 2. The lowest BCUT2D eigenvalue weighted by Crippen LogP contribution is -2.63. The quantitative estimate of drug-likeness (QED) is 0.581. The largest absolute Gasteiger partial charge is 0.478 e. The van der Waals surface area contributed by atoms with Crippen molar-refractivity contribution in [1.82, 2.24) is 0 Å². The monoisotopic (exact) mass is 394 g/mol. The van der Waals surface area contributed by atoms with Gasteiger partial charge in [0, 0.05) is 0 Å². The zero-order valence-electron chi connectivity index (χ0n) is 17.3. The Hall–Kier alpha value is -1.92. The summed E-state index contributed by atoms with van der Waals surface area (Å²) in [6, 6.07) is 14.9. The number of carbonyl (C=O) groups is 1. The van der Waals surface area contributed by atoms with Gasteiger partial charge >= 0.3 is 5.97 Å². The molecule has 0 bridgehead atoms. The van der Waals surface area contributed by atoms with Crippen molar-refractivity contribution in [3.63, 3.8) is 0 Å². The van der Waals surface area contributed by atoms with E-state index in [4.69, 9.17) is 5.11 Å². The van der Waals surface area contributed by atoms with Gasteiger partial charge in [-0.25, -0.2) is 4.79 Å². The second-order valence-electron chi connectivity index (χ2n) is 9.23. The Balaban J connectivity index is 2.05. The van der Waals surface area contributed by atoms with Crippen LogP contribution in [-0.4, -0.2) is 27.2 Å². The van der Waals surface area contributed by atoms with Crippen molar-refractivity contribution in [2.24, 2.45) is 0 Å². The molecule has 0 saturated carbocycles. The third-order valence-electron chi connectivity index (χ3n) is 6.16. The molecule has 0 aliphatic carbocycles. The van der Waals surface area contributed by atoms with Crippen LogP contribution in [0.25, 0.3) is 11.6 Å². The summed E-state index contributed by atoms with van der Waals surface area (Å²) in [5, 5.41) is 12.4. The van der Waals surface area contributed by atoms with E-state index in [2.05, 4.69) is 58.2 Å². The Bertz CT molecular complexity index is 922. The summed E-state index contributed by atoms with van der Waals surface area (Å²) in [5.41, 5.74) is 5.31. The molecule has 0 unspecified atom stereocenters. The van der Waals surface area contributed by atoms with E-state index >= 15 is 0 Å². The van der Waals surface area contributed by atoms with Crippen LogP contribution >= 0.6 is 0 Å². The zero-order valence-corrected chi connectivity index (χ0v) is 19.3. The van der Waals surface area contributed by atoms with Crippen LogP contribution < -0.4 is 10.4 Å². The summed E-state index contributed by atoms with van der Waals surface area (Å²) in [5.74, 6) is -0.883. The summed E-state index contributed by atoms with van der Waals surface area (Å²) >= 11 is 0. The summed E-state index contributed by atoms with van der Waals surface area (Å²) in [6.45, 7) is 14.5. The normalized spacial score (nSPS) is 18.1. The number of hydrogen-bond donors (Lipinski definition) is 1. The summed E-state index contributed by atoms with van der Waals surface area (Å²) < 4.78 is 0. The predicted molar refractivity (Wildman–Crippen MR) is 122 cm³/mol. The van der Waals surface area contributed by atoms with Crippen LogP contribution in [0.15, 0.2) is 36.4 Å². The van der Waals surface area contributed by atoms with Gasteiger partial charge in [0.2, 0.25) is 0 Å². The highest BCUT2D eigenvalue weighted by molar-refractivity contribution is 7.03. The molecule has 3 rings (SSSR count). The number of rotatable bonds is 3. The fraction of sp³-hybridized carbons (Fsp3) is 0.348. The van der Waals surface area contributed by atoms with Gasteiger partial charge in [-0.3, -0.25) is 0 Å². The fourth-order valence-electron chi connectivity index (χ4n) is 4.20. The van der Waals surface area contributed by atoms with E-state index in [1.807, 2.05) is 12.1 Å². The lowest BCUT2D eigenvalue weighted by atomic mass is 9.99. The molecule has 0 amide bonds. The van der Waals surface area contributed by atoms with Crippen LogP contribution in [0.5, 0.6) is 0 Å². The molecule has 0 aromatic heterocycles. The van der Waals surface area contributed by atoms with E-state index in [1.54, 1.807) is 22.5 Å². The molecule has 0 fully saturated rings. The molecular weight excluding hydrogens is 364 g/mol. The Morgan fingerprint density at radius 1 is 0.963 bits per heavy atom. The van der Waals surface area contributed by atoms with Crippen molar-refractivity contribution in [2.75, 3.05) is 0 Å². The highest BCUT2D eigenvalue weighted by atomic mass is 28.3. The van der Waals surface area contributed by atoms with E-state index < -0.39 is 22.1 Å². The van der Waals surface area contributed by atoms with Gasteiger partial charge in [0.25, 0.3) is 0 Å². The van der Waals surface area contributed by atoms with Gasteiger partial charge in [-0.05, 0) is 48.2 Å². The standard InChI is InChI=1S/C23H30O2Si2/c1-16(13-18-7-9-19(10-8-18)23(24)25)20-15-22-21(14-17(20)2)26(3,4)11-12-27(22,5)6/h7-10,13-15H,11-12H2,1-6H3,(H,24,25). The van der Waals surface area contributed by atoms with Gasteiger partial charge in [-0.1, -0.05) is 79.0 Å². The smallest absolute Gasteiger partial charge is 0.335 e. The third kappa shape index (κ3) is 3.87. The van der Waals surface area contributed by atoms with Crippen molar-refractivity contribution in [3.8, 4) is 0 Å². The molecule has 0 radical (unpaired) electrons. The molecule has 4 heteroatoms. The van der Waals surface area contributed by atoms with E-state index in [9.17, 15) is 4.79 Å². The predicted octanol–water partition coefficient (Wildman–Crippen LogP) is 5.10. The van der Waals surface area contributed by atoms with Crippen molar-refractivity contribution in [2.45, 2.75) is 52.1 Å². The van der Waals surface area contributed by atoms with Gasteiger partial charge in [-0.15, -0.1) is 0 Å². The van der Waals surface area contributed by atoms with Crippen LogP contribution in [0.2, 0.25) is 38.3 Å². The number of fused-ring (bicyclic) bond motifs is 1. The fourth-order valence-corrected chi connectivity index (χ4v) is 14.5. The van der Waals surface area contributed by atoms with Crippen molar-refractivity contribution in [3.05, 3.63) is 58.7 Å². The number of allylic oxidation sites excluding steroid dienone is 1. The van der Waals surface area contributed by atoms with Crippen LogP contribution in [-0.2, 0) is 0 Å². The van der Waals surface area contributed by atoms with Crippen molar-refractivity contribution < 1.29 is 9.90 Å². The molecule has 0 saturated heterocycles. The van der Waals surface area contributed by atoms with E-state index in [0.717, 1.165) is 5.56 Å². The number of carboxylic acid groups (broad SMARTS) is 1. The highest BCUT2D eigenvalue weighted by Gasteiger charge is 2.39. The summed E-state index contributed by atoms with van der Waals surface area (Å²) in [4.78, 5) is 11.0. The van der Waals surface area contributed by atoms with Crippen LogP contribution in [0, 0.1) is 6.92 Å². The summed E-state index contributed by atoms with van der Waals surface area (Å²) in [7, 11) is -2.69. The van der Waals surface area contributed by atoms with Gasteiger partial charge in [0.15, 0.2) is 0 Å². The Morgan fingerprint density at radius 3 is 2.00 bits per heavy atom. The lowest BCUT2D eigenvalue weighted by molar-refractivity contribution is 0.0697. The number of aromatic carboxylic acids is 1. The topological polar surface area (TPSA) is 37.3 Å². The number of carboxylic acids is 1. The molecular formula is C23H30O2Si2. The Kier molecular flexibility index (Phi) is 5.08. The molecule has 0 spiro atoms. The molecule has 0 atom stereocenters. The van der Waals surface area contributed by atoms with Crippen molar-refractivity contribution >= 4 is 44.1 Å². The molecule has 2 nitrogen and oxygen atoms in total. The van der Waals surface area contributed by atoms with Crippen LogP contribution in [0.3, 0.4) is 0 Å². The van der Waals surface area contributed by atoms with Crippen LogP contribution in [0.1, 0.15) is 34.0 Å². The molecule has 1 heterocycles. The lowest BCUT2D eigenvalue weighted by Gasteiger charge is -2.40. The molecule has 1 aliphatic rings. The van der Waals surface area contributed by atoms with Gasteiger partial charge in [-0.2, -0.15) is 0 Å². The van der Waals surface area contributed by atoms with E-state index in [0.29, 0.717) is 5.56 Å². The van der Waals surface area contributed by atoms with Crippen LogP contribution in [0.4, 0.5) is 0 Å². The number of hydrogen-bond acceptors (Lipinski definition) is 1. The first-order chi connectivity index (χ1) is 12.5. The third-order valence-corrected chi connectivity index (χ3v) is 13.7. The molecule has 2 aromatic carbocycles. The summed E-state index contributed by atoms with van der Waals surface area (Å²) in [6.07, 6.45) is 2.17. The Morgan fingerprint density at radius 2 is 1.48 bits per heavy atom. The second-order valence-corrected chi connectivity index (χ2v) is 18.8. The Labute approximate surface area is 165 Å². The second kappa shape index (κ2) is 6.91. The van der Waals surface area contributed by atoms with E-state index in [1.165, 1.54) is 28.8 Å². The molecule has 1 N–H and O–H groups in total. The van der Waals surface area contributed by atoms with Crippen molar-refractivity contribution in [1.29, 1.82) is 0 Å². The van der Waals surface area contributed by atoms with Gasteiger partial charge < -0.3 is 5.11 Å². The first kappa shape index (κ1) is 19.8. The minimum atomic E-state index is -1.37. The first-order valence-electron chi connectivity index (χ1n) is 9.69. The first-order valence-corrected chi connectivity index (χ1v) is 16.1. The molecule has 142 valence electrons. The zero-order chi connectivity index (χ0) is 20.0. The molecule has 1 aliphatic heterocycles. The maximum Gasteiger partial charge on any atom is 0.335 e. The minimum Gasteiger partial charge on any atom is -0.478 e.